The Morgan fingerprint density at radius 3 is 2.95 bits per heavy atom. The quantitative estimate of drug-likeness (QED) is 0.898. The average Bonchev–Trinajstić information content (AvgIpc) is 3.23. The van der Waals surface area contributed by atoms with Crippen LogP contribution < -0.4 is 20.3 Å². The predicted molar refractivity (Wildman–Crippen MR) is 76.7 cm³/mol. The standard InChI is InChI=1S/C15H15N3O3/c19-14-6-13(17-15(18-14)10-2-3-10)16-7-9-1-4-11-12(5-9)21-8-20-11/h1,4-6,10H,2-3,7-8H2,(H2,16,17,18,19). The lowest BCUT2D eigenvalue weighted by atomic mass is 10.2. The molecule has 2 aromatic rings. The summed E-state index contributed by atoms with van der Waals surface area (Å²) in [5.74, 6) is 3.34. The van der Waals surface area contributed by atoms with Gasteiger partial charge in [0.15, 0.2) is 11.5 Å². The number of hydrogen-bond acceptors (Lipinski definition) is 5. The van der Waals surface area contributed by atoms with Crippen molar-refractivity contribution in [3.63, 3.8) is 0 Å². The van der Waals surface area contributed by atoms with Gasteiger partial charge in [0, 0.05) is 18.5 Å². The maximum Gasteiger partial charge on any atom is 0.252 e. The Morgan fingerprint density at radius 2 is 2.10 bits per heavy atom. The smallest absolute Gasteiger partial charge is 0.252 e. The summed E-state index contributed by atoms with van der Waals surface area (Å²) in [6.07, 6.45) is 2.21. The van der Waals surface area contributed by atoms with Crippen LogP contribution in [0.2, 0.25) is 0 Å². The minimum Gasteiger partial charge on any atom is -0.454 e. The second-order valence-electron chi connectivity index (χ2n) is 5.33. The van der Waals surface area contributed by atoms with Gasteiger partial charge >= 0.3 is 0 Å². The number of hydrogen-bond donors (Lipinski definition) is 2. The van der Waals surface area contributed by atoms with E-state index in [1.807, 2.05) is 18.2 Å². The zero-order chi connectivity index (χ0) is 14.2. The fourth-order valence-electron chi connectivity index (χ4n) is 2.36. The first-order valence-electron chi connectivity index (χ1n) is 7.01. The molecule has 1 aromatic heterocycles. The van der Waals surface area contributed by atoms with Crippen LogP contribution in [0.5, 0.6) is 11.5 Å². The molecule has 6 nitrogen and oxygen atoms in total. The molecule has 0 spiro atoms. The van der Waals surface area contributed by atoms with E-state index in [0.29, 0.717) is 18.3 Å². The molecule has 1 aliphatic carbocycles. The van der Waals surface area contributed by atoms with Crippen molar-refractivity contribution in [1.29, 1.82) is 0 Å². The largest absolute Gasteiger partial charge is 0.454 e. The lowest BCUT2D eigenvalue weighted by molar-refractivity contribution is 0.174. The van der Waals surface area contributed by atoms with E-state index in [-0.39, 0.29) is 12.4 Å². The fourth-order valence-corrected chi connectivity index (χ4v) is 2.36. The summed E-state index contributed by atoms with van der Waals surface area (Å²) in [6, 6.07) is 7.28. The van der Waals surface area contributed by atoms with Crippen molar-refractivity contribution in [1.82, 2.24) is 9.97 Å². The van der Waals surface area contributed by atoms with Gasteiger partial charge in [0.25, 0.3) is 5.56 Å². The molecule has 0 unspecified atom stereocenters. The van der Waals surface area contributed by atoms with Crippen molar-refractivity contribution in [2.24, 2.45) is 0 Å². The van der Waals surface area contributed by atoms with Crippen LogP contribution in [-0.2, 0) is 6.54 Å². The van der Waals surface area contributed by atoms with E-state index in [1.165, 1.54) is 6.07 Å². The number of benzene rings is 1. The monoisotopic (exact) mass is 285 g/mol. The average molecular weight is 285 g/mol. The number of anilines is 1. The molecule has 1 saturated carbocycles. The predicted octanol–water partition coefficient (Wildman–Crippen LogP) is 1.99. The molecule has 2 aliphatic rings. The zero-order valence-electron chi connectivity index (χ0n) is 11.4. The fraction of sp³-hybridized carbons (Fsp3) is 0.333. The minimum absolute atomic E-state index is 0.111. The normalized spacial score (nSPS) is 16.0. The van der Waals surface area contributed by atoms with E-state index in [2.05, 4.69) is 15.3 Å². The van der Waals surface area contributed by atoms with Gasteiger partial charge in [-0.05, 0) is 30.5 Å². The molecule has 2 heterocycles. The number of nitrogens with one attached hydrogen (secondary N) is 2. The van der Waals surface area contributed by atoms with Crippen molar-refractivity contribution >= 4 is 5.82 Å². The summed E-state index contributed by atoms with van der Waals surface area (Å²) in [4.78, 5) is 18.9. The molecule has 1 aromatic carbocycles. The van der Waals surface area contributed by atoms with Gasteiger partial charge in [-0.3, -0.25) is 4.79 Å². The van der Waals surface area contributed by atoms with E-state index < -0.39 is 0 Å². The third-order valence-corrected chi connectivity index (χ3v) is 3.63. The Kier molecular flexibility index (Phi) is 2.80. The molecule has 0 bridgehead atoms. The highest BCUT2D eigenvalue weighted by Gasteiger charge is 2.26. The van der Waals surface area contributed by atoms with Gasteiger partial charge in [-0.2, -0.15) is 0 Å². The van der Waals surface area contributed by atoms with Crippen molar-refractivity contribution in [3.8, 4) is 11.5 Å². The first-order valence-corrected chi connectivity index (χ1v) is 7.01. The maximum absolute atomic E-state index is 11.6. The highest BCUT2D eigenvalue weighted by Crippen LogP contribution is 2.37. The Morgan fingerprint density at radius 1 is 1.24 bits per heavy atom. The summed E-state index contributed by atoms with van der Waals surface area (Å²) in [6.45, 7) is 0.851. The molecule has 0 saturated heterocycles. The van der Waals surface area contributed by atoms with Crippen LogP contribution in [0, 0.1) is 0 Å². The number of rotatable bonds is 4. The second kappa shape index (κ2) is 4.80. The number of fused-ring (bicyclic) bond motifs is 1. The third-order valence-electron chi connectivity index (χ3n) is 3.63. The van der Waals surface area contributed by atoms with E-state index in [1.54, 1.807) is 0 Å². The zero-order valence-corrected chi connectivity index (χ0v) is 11.4. The molecule has 1 fully saturated rings. The van der Waals surface area contributed by atoms with Crippen LogP contribution in [0.15, 0.2) is 29.1 Å². The van der Waals surface area contributed by atoms with Crippen molar-refractivity contribution in [3.05, 3.63) is 46.0 Å². The molecule has 4 rings (SSSR count). The van der Waals surface area contributed by atoms with Gasteiger partial charge in [0.05, 0.1) is 0 Å². The van der Waals surface area contributed by atoms with E-state index >= 15 is 0 Å². The first-order chi connectivity index (χ1) is 10.3. The van der Waals surface area contributed by atoms with E-state index in [9.17, 15) is 4.79 Å². The molecule has 0 radical (unpaired) electrons. The summed E-state index contributed by atoms with van der Waals surface area (Å²) in [5.41, 5.74) is 0.939. The molecule has 6 heteroatoms. The van der Waals surface area contributed by atoms with E-state index in [4.69, 9.17) is 9.47 Å². The van der Waals surface area contributed by atoms with Gasteiger partial charge < -0.3 is 19.8 Å². The van der Waals surface area contributed by atoms with Gasteiger partial charge in [-0.1, -0.05) is 6.07 Å². The molecule has 108 valence electrons. The Bertz CT molecular complexity index is 737. The number of ether oxygens (including phenoxy) is 2. The minimum atomic E-state index is -0.111. The molecule has 1 aliphatic heterocycles. The Hall–Kier alpha value is -2.50. The number of aromatic amines is 1. The number of H-pyrrole nitrogens is 1. The van der Waals surface area contributed by atoms with Crippen molar-refractivity contribution < 1.29 is 9.47 Å². The topological polar surface area (TPSA) is 76.2 Å². The molecule has 2 N–H and O–H groups in total. The third kappa shape index (κ3) is 2.56. The first kappa shape index (κ1) is 12.3. The van der Waals surface area contributed by atoms with Crippen LogP contribution >= 0.6 is 0 Å². The van der Waals surface area contributed by atoms with Crippen molar-refractivity contribution in [2.75, 3.05) is 12.1 Å². The summed E-state index contributed by atoms with van der Waals surface area (Å²) >= 11 is 0. The molecule has 0 atom stereocenters. The van der Waals surface area contributed by atoms with Crippen LogP contribution in [0.25, 0.3) is 0 Å². The van der Waals surface area contributed by atoms with Gasteiger partial charge in [0.1, 0.15) is 11.6 Å². The molecule has 0 amide bonds. The second-order valence-corrected chi connectivity index (χ2v) is 5.33. The molecular weight excluding hydrogens is 270 g/mol. The lowest BCUT2D eigenvalue weighted by Crippen LogP contribution is -2.13. The van der Waals surface area contributed by atoms with Crippen LogP contribution in [0.3, 0.4) is 0 Å². The van der Waals surface area contributed by atoms with E-state index in [0.717, 1.165) is 35.7 Å². The Balaban J connectivity index is 1.50. The molecule has 21 heavy (non-hydrogen) atoms. The van der Waals surface area contributed by atoms with Crippen LogP contribution in [0.1, 0.15) is 30.1 Å². The van der Waals surface area contributed by atoms with Crippen molar-refractivity contribution in [2.45, 2.75) is 25.3 Å². The SMILES string of the molecule is O=c1cc(NCc2ccc3c(c2)OCO3)nc(C2CC2)[nH]1. The Labute approximate surface area is 121 Å². The van der Waals surface area contributed by atoms with Crippen LogP contribution in [0.4, 0.5) is 5.82 Å². The lowest BCUT2D eigenvalue weighted by Gasteiger charge is -2.07. The van der Waals surface area contributed by atoms with Crippen LogP contribution in [-0.4, -0.2) is 16.8 Å². The summed E-state index contributed by atoms with van der Waals surface area (Å²) in [5, 5.41) is 3.19. The highest BCUT2D eigenvalue weighted by atomic mass is 16.7. The number of aromatic nitrogens is 2. The summed E-state index contributed by atoms with van der Waals surface area (Å²) in [7, 11) is 0. The van der Waals surface area contributed by atoms with Gasteiger partial charge in [-0.15, -0.1) is 0 Å². The molecular formula is C15H15N3O3. The van der Waals surface area contributed by atoms with Gasteiger partial charge in [-0.25, -0.2) is 4.98 Å². The summed E-state index contributed by atoms with van der Waals surface area (Å²) < 4.78 is 10.6. The number of nitrogens with zero attached hydrogens (tertiary/aromatic N) is 1. The van der Waals surface area contributed by atoms with Gasteiger partial charge in [0.2, 0.25) is 6.79 Å². The maximum atomic E-state index is 11.6. The highest BCUT2D eigenvalue weighted by molar-refractivity contribution is 5.45.